The summed E-state index contributed by atoms with van der Waals surface area (Å²) < 4.78 is 6.51. The van der Waals surface area contributed by atoms with E-state index in [2.05, 4.69) is 15.9 Å². The molecule has 0 heterocycles. The van der Waals surface area contributed by atoms with Gasteiger partial charge in [-0.3, -0.25) is 0 Å². The minimum Gasteiger partial charge on any atom is -0.493 e. The Morgan fingerprint density at radius 1 is 1.53 bits per heavy atom. The van der Waals surface area contributed by atoms with Crippen LogP contribution in [0.3, 0.4) is 0 Å². The van der Waals surface area contributed by atoms with E-state index in [1.807, 2.05) is 25.1 Å². The van der Waals surface area contributed by atoms with Gasteiger partial charge in [0.25, 0.3) is 0 Å². The first-order valence-corrected chi connectivity index (χ1v) is 5.73. The highest BCUT2D eigenvalue weighted by atomic mass is 79.9. The summed E-state index contributed by atoms with van der Waals surface area (Å²) in [6, 6.07) is 5.73. The van der Waals surface area contributed by atoms with E-state index in [1.165, 1.54) is 0 Å². The van der Waals surface area contributed by atoms with Crippen LogP contribution < -0.4 is 10.5 Å². The molecule has 84 valence electrons. The van der Waals surface area contributed by atoms with Gasteiger partial charge in [-0.1, -0.05) is 22.0 Å². The molecule has 0 unspecified atom stereocenters. The van der Waals surface area contributed by atoms with E-state index in [0.29, 0.717) is 13.0 Å². The van der Waals surface area contributed by atoms with Crippen molar-refractivity contribution >= 4 is 15.9 Å². The number of aliphatic hydroxyl groups is 1. The Morgan fingerprint density at radius 2 is 2.27 bits per heavy atom. The Kier molecular flexibility index (Phi) is 5.08. The molecule has 1 aromatic carbocycles. The van der Waals surface area contributed by atoms with Crippen LogP contribution in [0.15, 0.2) is 22.7 Å². The average Bonchev–Trinajstić information content (AvgIpc) is 2.18. The maximum atomic E-state index is 8.66. The highest BCUT2D eigenvalue weighted by molar-refractivity contribution is 9.10. The van der Waals surface area contributed by atoms with E-state index in [0.717, 1.165) is 15.8 Å². The molecule has 0 spiro atoms. The Hall–Kier alpha value is -0.580. The van der Waals surface area contributed by atoms with Crippen LogP contribution in [0.5, 0.6) is 5.75 Å². The summed E-state index contributed by atoms with van der Waals surface area (Å²) >= 11 is 3.38. The molecule has 0 fully saturated rings. The van der Waals surface area contributed by atoms with E-state index in [-0.39, 0.29) is 12.6 Å². The van der Waals surface area contributed by atoms with Crippen molar-refractivity contribution in [2.24, 2.45) is 5.73 Å². The number of ether oxygens (including phenoxy) is 1. The minimum absolute atomic E-state index is 0.0535. The number of nitrogens with two attached hydrogens (primary N) is 1. The van der Waals surface area contributed by atoms with E-state index in [1.54, 1.807) is 0 Å². The predicted molar refractivity (Wildman–Crippen MR) is 63.9 cm³/mol. The lowest BCUT2D eigenvalue weighted by atomic mass is 10.1. The maximum Gasteiger partial charge on any atom is 0.125 e. The lowest BCUT2D eigenvalue weighted by Gasteiger charge is -2.14. The molecule has 0 aromatic heterocycles. The van der Waals surface area contributed by atoms with Gasteiger partial charge < -0.3 is 15.6 Å². The molecule has 1 atom stereocenters. The molecule has 0 bridgehead atoms. The third-order valence-electron chi connectivity index (χ3n) is 2.03. The zero-order chi connectivity index (χ0) is 11.3. The van der Waals surface area contributed by atoms with Gasteiger partial charge in [0.1, 0.15) is 5.75 Å². The molecule has 1 aromatic rings. The van der Waals surface area contributed by atoms with Crippen LogP contribution in [0.2, 0.25) is 0 Å². The van der Waals surface area contributed by atoms with E-state index >= 15 is 0 Å². The molecule has 0 aliphatic carbocycles. The van der Waals surface area contributed by atoms with E-state index < -0.39 is 0 Å². The molecule has 0 aliphatic rings. The fraction of sp³-hybridized carbons (Fsp3) is 0.455. The monoisotopic (exact) mass is 273 g/mol. The second kappa shape index (κ2) is 6.10. The van der Waals surface area contributed by atoms with Gasteiger partial charge in [-0.2, -0.15) is 0 Å². The van der Waals surface area contributed by atoms with Crippen molar-refractivity contribution in [2.75, 3.05) is 13.2 Å². The first kappa shape index (κ1) is 12.5. The zero-order valence-corrected chi connectivity index (χ0v) is 10.3. The molecule has 3 N–H and O–H groups in total. The summed E-state index contributed by atoms with van der Waals surface area (Å²) in [4.78, 5) is 0. The quantitative estimate of drug-likeness (QED) is 0.809. The summed E-state index contributed by atoms with van der Waals surface area (Å²) in [5, 5.41) is 8.66. The van der Waals surface area contributed by atoms with Crippen LogP contribution in [0.25, 0.3) is 0 Å². The Bertz CT molecular complexity index is 315. The van der Waals surface area contributed by atoms with Crippen LogP contribution in [-0.4, -0.2) is 18.3 Å². The molecule has 0 saturated carbocycles. The third kappa shape index (κ3) is 3.81. The number of hydrogen-bond donors (Lipinski definition) is 2. The average molecular weight is 274 g/mol. The summed E-state index contributed by atoms with van der Waals surface area (Å²) in [5.41, 5.74) is 6.81. The lowest BCUT2D eigenvalue weighted by Crippen LogP contribution is -2.09. The lowest BCUT2D eigenvalue weighted by molar-refractivity contribution is 0.232. The molecular formula is C11H16BrNO2. The Morgan fingerprint density at radius 3 is 2.87 bits per heavy atom. The molecular weight excluding hydrogens is 258 g/mol. The van der Waals surface area contributed by atoms with Gasteiger partial charge in [-0.15, -0.1) is 0 Å². The summed E-state index contributed by atoms with van der Waals surface area (Å²) in [7, 11) is 0. The van der Waals surface area contributed by atoms with Crippen molar-refractivity contribution in [1.29, 1.82) is 0 Å². The SMILES string of the molecule is C[C@H](N)c1ccc(Br)cc1OCCCO. The van der Waals surface area contributed by atoms with Crippen LogP contribution in [-0.2, 0) is 0 Å². The van der Waals surface area contributed by atoms with Crippen molar-refractivity contribution in [2.45, 2.75) is 19.4 Å². The normalized spacial score (nSPS) is 12.5. The van der Waals surface area contributed by atoms with Gasteiger partial charge in [0, 0.05) is 29.1 Å². The molecule has 0 aliphatic heterocycles. The van der Waals surface area contributed by atoms with Crippen molar-refractivity contribution in [3.8, 4) is 5.75 Å². The Labute approximate surface area is 98.4 Å². The maximum absolute atomic E-state index is 8.66. The van der Waals surface area contributed by atoms with Gasteiger partial charge in [0.15, 0.2) is 0 Å². The van der Waals surface area contributed by atoms with Crippen molar-refractivity contribution in [3.63, 3.8) is 0 Å². The predicted octanol–water partition coefficient (Wildman–Crippen LogP) is 2.23. The first-order valence-electron chi connectivity index (χ1n) is 4.94. The standard InChI is InChI=1S/C11H16BrNO2/c1-8(13)10-4-3-9(12)7-11(10)15-6-2-5-14/h3-4,7-8,14H,2,5-6,13H2,1H3/t8-/m0/s1. The van der Waals surface area contributed by atoms with Gasteiger partial charge in [0.2, 0.25) is 0 Å². The summed E-state index contributed by atoms with van der Waals surface area (Å²) in [6.07, 6.45) is 0.630. The van der Waals surface area contributed by atoms with E-state index in [9.17, 15) is 0 Å². The van der Waals surface area contributed by atoms with Gasteiger partial charge in [-0.25, -0.2) is 0 Å². The second-order valence-corrected chi connectivity index (χ2v) is 4.31. The molecule has 3 nitrogen and oxygen atoms in total. The smallest absolute Gasteiger partial charge is 0.125 e. The number of benzene rings is 1. The molecule has 1 rings (SSSR count). The molecule has 15 heavy (non-hydrogen) atoms. The van der Waals surface area contributed by atoms with Crippen molar-refractivity contribution in [1.82, 2.24) is 0 Å². The van der Waals surface area contributed by atoms with Crippen LogP contribution in [0.1, 0.15) is 24.9 Å². The molecule has 0 amide bonds. The Balaban J connectivity index is 2.77. The number of aliphatic hydroxyl groups excluding tert-OH is 1. The molecule has 0 radical (unpaired) electrons. The topological polar surface area (TPSA) is 55.5 Å². The largest absolute Gasteiger partial charge is 0.493 e. The first-order chi connectivity index (χ1) is 7.15. The summed E-state index contributed by atoms with van der Waals surface area (Å²) in [6.45, 7) is 2.57. The number of hydrogen-bond acceptors (Lipinski definition) is 3. The number of rotatable bonds is 5. The minimum atomic E-state index is -0.0535. The highest BCUT2D eigenvalue weighted by Gasteiger charge is 2.08. The van der Waals surface area contributed by atoms with Crippen LogP contribution in [0, 0.1) is 0 Å². The van der Waals surface area contributed by atoms with Crippen molar-refractivity contribution in [3.05, 3.63) is 28.2 Å². The van der Waals surface area contributed by atoms with E-state index in [4.69, 9.17) is 15.6 Å². The van der Waals surface area contributed by atoms with Crippen LogP contribution in [0.4, 0.5) is 0 Å². The number of halogens is 1. The third-order valence-corrected chi connectivity index (χ3v) is 2.52. The fourth-order valence-electron chi connectivity index (χ4n) is 1.26. The van der Waals surface area contributed by atoms with Crippen LogP contribution >= 0.6 is 15.9 Å². The van der Waals surface area contributed by atoms with Gasteiger partial charge in [-0.05, 0) is 19.1 Å². The highest BCUT2D eigenvalue weighted by Crippen LogP contribution is 2.27. The summed E-state index contributed by atoms with van der Waals surface area (Å²) in [5.74, 6) is 0.785. The molecule has 0 saturated heterocycles. The van der Waals surface area contributed by atoms with Gasteiger partial charge >= 0.3 is 0 Å². The second-order valence-electron chi connectivity index (χ2n) is 3.40. The van der Waals surface area contributed by atoms with Gasteiger partial charge in [0.05, 0.1) is 6.61 Å². The fourth-order valence-corrected chi connectivity index (χ4v) is 1.60. The van der Waals surface area contributed by atoms with Crippen molar-refractivity contribution < 1.29 is 9.84 Å². The zero-order valence-electron chi connectivity index (χ0n) is 8.74. The molecule has 4 heteroatoms.